The Labute approximate surface area is 107 Å². The van der Waals surface area contributed by atoms with Gasteiger partial charge in [-0.15, -0.1) is 11.3 Å². The summed E-state index contributed by atoms with van der Waals surface area (Å²) in [6.07, 6.45) is 4.88. The predicted octanol–water partition coefficient (Wildman–Crippen LogP) is 2.60. The van der Waals surface area contributed by atoms with Gasteiger partial charge < -0.3 is 10.5 Å². The van der Waals surface area contributed by atoms with E-state index in [9.17, 15) is 0 Å². The van der Waals surface area contributed by atoms with Crippen LogP contribution < -0.4 is 5.73 Å². The molecule has 17 heavy (non-hydrogen) atoms. The SMILES string of the molecule is CCc1nc(COCC2CCCC2CN)cs1. The van der Waals surface area contributed by atoms with Gasteiger partial charge in [-0.1, -0.05) is 13.3 Å². The van der Waals surface area contributed by atoms with Crippen LogP contribution in [-0.4, -0.2) is 18.1 Å². The average molecular weight is 254 g/mol. The molecule has 0 bridgehead atoms. The molecule has 0 spiro atoms. The van der Waals surface area contributed by atoms with E-state index in [0.717, 1.165) is 25.3 Å². The van der Waals surface area contributed by atoms with Crippen molar-refractivity contribution in [2.75, 3.05) is 13.2 Å². The molecular weight excluding hydrogens is 232 g/mol. The number of aromatic nitrogens is 1. The van der Waals surface area contributed by atoms with Gasteiger partial charge in [-0.25, -0.2) is 4.98 Å². The first kappa shape index (κ1) is 13.0. The Morgan fingerprint density at radius 3 is 3.00 bits per heavy atom. The first-order valence-corrected chi connectivity index (χ1v) is 7.42. The molecule has 96 valence electrons. The largest absolute Gasteiger partial charge is 0.375 e. The second kappa shape index (κ2) is 6.47. The van der Waals surface area contributed by atoms with Crippen LogP contribution >= 0.6 is 11.3 Å². The molecule has 2 rings (SSSR count). The fourth-order valence-corrected chi connectivity index (χ4v) is 3.27. The summed E-state index contributed by atoms with van der Waals surface area (Å²) >= 11 is 1.73. The lowest BCUT2D eigenvalue weighted by Gasteiger charge is -2.17. The van der Waals surface area contributed by atoms with Crippen LogP contribution in [0.1, 0.15) is 36.9 Å². The smallest absolute Gasteiger partial charge is 0.0926 e. The molecule has 0 aliphatic heterocycles. The zero-order valence-corrected chi connectivity index (χ0v) is 11.3. The van der Waals surface area contributed by atoms with Crippen molar-refractivity contribution >= 4 is 11.3 Å². The van der Waals surface area contributed by atoms with Crippen LogP contribution in [0, 0.1) is 11.8 Å². The highest BCUT2D eigenvalue weighted by Gasteiger charge is 2.25. The topological polar surface area (TPSA) is 48.1 Å². The van der Waals surface area contributed by atoms with Gasteiger partial charge in [-0.2, -0.15) is 0 Å². The summed E-state index contributed by atoms with van der Waals surface area (Å²) in [4.78, 5) is 4.50. The van der Waals surface area contributed by atoms with Crippen molar-refractivity contribution in [1.29, 1.82) is 0 Å². The molecule has 1 saturated carbocycles. The highest BCUT2D eigenvalue weighted by atomic mass is 32.1. The quantitative estimate of drug-likeness (QED) is 0.849. The third kappa shape index (κ3) is 3.50. The lowest BCUT2D eigenvalue weighted by Crippen LogP contribution is -2.22. The van der Waals surface area contributed by atoms with E-state index in [-0.39, 0.29) is 0 Å². The van der Waals surface area contributed by atoms with Gasteiger partial charge in [0.25, 0.3) is 0 Å². The summed E-state index contributed by atoms with van der Waals surface area (Å²) in [5, 5.41) is 3.30. The summed E-state index contributed by atoms with van der Waals surface area (Å²) in [7, 11) is 0. The van der Waals surface area contributed by atoms with Gasteiger partial charge in [-0.3, -0.25) is 0 Å². The monoisotopic (exact) mass is 254 g/mol. The van der Waals surface area contributed by atoms with Crippen molar-refractivity contribution < 1.29 is 4.74 Å². The molecule has 0 saturated heterocycles. The number of rotatable bonds is 6. The molecule has 1 fully saturated rings. The highest BCUT2D eigenvalue weighted by Crippen LogP contribution is 2.31. The van der Waals surface area contributed by atoms with Crippen LogP contribution in [0.2, 0.25) is 0 Å². The van der Waals surface area contributed by atoms with Crippen LogP contribution in [0.15, 0.2) is 5.38 Å². The summed E-state index contributed by atoms with van der Waals surface area (Å²) < 4.78 is 5.78. The molecular formula is C13H22N2OS. The normalized spacial score (nSPS) is 24.4. The number of thiazole rings is 1. The Kier molecular flexibility index (Phi) is 4.95. The summed E-state index contributed by atoms with van der Waals surface area (Å²) in [6.45, 7) is 4.45. The molecule has 2 atom stereocenters. The first-order valence-electron chi connectivity index (χ1n) is 6.54. The van der Waals surface area contributed by atoms with Crippen LogP contribution in [0.5, 0.6) is 0 Å². The van der Waals surface area contributed by atoms with Crippen molar-refractivity contribution in [3.63, 3.8) is 0 Å². The molecule has 1 aliphatic rings. The minimum Gasteiger partial charge on any atom is -0.375 e. The van der Waals surface area contributed by atoms with Crippen molar-refractivity contribution in [3.05, 3.63) is 16.1 Å². The van der Waals surface area contributed by atoms with Gasteiger partial charge in [0.2, 0.25) is 0 Å². The van der Waals surface area contributed by atoms with Crippen LogP contribution in [0.3, 0.4) is 0 Å². The maximum Gasteiger partial charge on any atom is 0.0926 e. The van der Waals surface area contributed by atoms with E-state index in [2.05, 4.69) is 17.3 Å². The molecule has 0 amide bonds. The molecule has 2 N–H and O–H groups in total. The fourth-order valence-electron chi connectivity index (χ4n) is 2.54. The van der Waals surface area contributed by atoms with Crippen molar-refractivity contribution in [3.8, 4) is 0 Å². The van der Waals surface area contributed by atoms with Gasteiger partial charge >= 0.3 is 0 Å². The van der Waals surface area contributed by atoms with Crippen LogP contribution in [0.25, 0.3) is 0 Å². The first-order chi connectivity index (χ1) is 8.33. The number of hydrogen-bond donors (Lipinski definition) is 1. The Balaban J connectivity index is 1.72. The second-order valence-electron chi connectivity index (χ2n) is 4.79. The molecule has 1 aliphatic carbocycles. The second-order valence-corrected chi connectivity index (χ2v) is 5.73. The predicted molar refractivity (Wildman–Crippen MR) is 71.0 cm³/mol. The Hall–Kier alpha value is -0.450. The van der Waals surface area contributed by atoms with Crippen molar-refractivity contribution in [1.82, 2.24) is 4.98 Å². The molecule has 0 radical (unpaired) electrons. The van der Waals surface area contributed by atoms with E-state index in [1.54, 1.807) is 11.3 Å². The number of ether oxygens (including phenoxy) is 1. The van der Waals surface area contributed by atoms with E-state index in [1.807, 2.05) is 0 Å². The molecule has 1 aromatic heterocycles. The Bertz CT molecular complexity index is 340. The maximum absolute atomic E-state index is 5.78. The number of hydrogen-bond acceptors (Lipinski definition) is 4. The van der Waals surface area contributed by atoms with Crippen LogP contribution in [0.4, 0.5) is 0 Å². The Morgan fingerprint density at radius 1 is 1.47 bits per heavy atom. The fraction of sp³-hybridized carbons (Fsp3) is 0.769. The lowest BCUT2D eigenvalue weighted by atomic mass is 9.97. The van der Waals surface area contributed by atoms with E-state index >= 15 is 0 Å². The molecule has 2 unspecified atom stereocenters. The zero-order valence-electron chi connectivity index (χ0n) is 10.5. The average Bonchev–Trinajstić information content (AvgIpc) is 2.97. The van der Waals surface area contributed by atoms with E-state index in [4.69, 9.17) is 10.5 Å². The molecule has 0 aromatic carbocycles. The van der Waals surface area contributed by atoms with E-state index in [1.165, 1.54) is 24.3 Å². The van der Waals surface area contributed by atoms with Crippen molar-refractivity contribution in [2.45, 2.75) is 39.2 Å². The van der Waals surface area contributed by atoms with Crippen LogP contribution in [-0.2, 0) is 17.8 Å². The summed E-state index contributed by atoms with van der Waals surface area (Å²) in [5.74, 6) is 1.35. The number of nitrogens with two attached hydrogens (primary N) is 1. The van der Waals surface area contributed by atoms with E-state index < -0.39 is 0 Å². The molecule has 1 aromatic rings. The van der Waals surface area contributed by atoms with Gasteiger partial charge in [0.05, 0.1) is 23.9 Å². The minimum atomic E-state index is 0.657. The van der Waals surface area contributed by atoms with Gasteiger partial charge in [0.15, 0.2) is 0 Å². The third-order valence-electron chi connectivity index (χ3n) is 3.60. The number of aryl methyl sites for hydroxylation is 1. The molecule has 3 nitrogen and oxygen atoms in total. The van der Waals surface area contributed by atoms with Gasteiger partial charge in [0, 0.05) is 5.38 Å². The van der Waals surface area contributed by atoms with Gasteiger partial charge in [-0.05, 0) is 37.6 Å². The molecule has 4 heteroatoms. The van der Waals surface area contributed by atoms with E-state index in [0.29, 0.717) is 18.4 Å². The summed E-state index contributed by atoms with van der Waals surface area (Å²) in [6, 6.07) is 0. The minimum absolute atomic E-state index is 0.657. The number of nitrogens with zero attached hydrogens (tertiary/aromatic N) is 1. The molecule has 1 heterocycles. The standard InChI is InChI=1S/C13H22N2OS/c1-2-13-15-12(9-17-13)8-16-7-11-5-3-4-10(11)6-14/h9-11H,2-8,14H2,1H3. The summed E-state index contributed by atoms with van der Waals surface area (Å²) in [5.41, 5.74) is 6.84. The maximum atomic E-state index is 5.78. The highest BCUT2D eigenvalue weighted by molar-refractivity contribution is 7.09. The van der Waals surface area contributed by atoms with Gasteiger partial charge in [0.1, 0.15) is 0 Å². The third-order valence-corrected chi connectivity index (χ3v) is 4.64. The Morgan fingerprint density at radius 2 is 2.29 bits per heavy atom. The van der Waals surface area contributed by atoms with Crippen molar-refractivity contribution in [2.24, 2.45) is 17.6 Å². The zero-order chi connectivity index (χ0) is 12.1. The lowest BCUT2D eigenvalue weighted by molar-refractivity contribution is 0.0736.